The smallest absolute Gasteiger partial charge is 0.217 e. The highest BCUT2D eigenvalue weighted by atomic mass is 19.1. The fourth-order valence-electron chi connectivity index (χ4n) is 4.46. The Morgan fingerprint density at radius 3 is 2.37 bits per heavy atom. The molecule has 0 radical (unpaired) electrons. The van der Waals surface area contributed by atoms with Gasteiger partial charge in [0.05, 0.1) is 7.11 Å². The van der Waals surface area contributed by atoms with Gasteiger partial charge >= 0.3 is 0 Å². The number of fused-ring (bicyclic) bond motifs is 1. The van der Waals surface area contributed by atoms with Crippen molar-refractivity contribution in [1.29, 1.82) is 0 Å². The van der Waals surface area contributed by atoms with E-state index in [1.54, 1.807) is 12.1 Å². The van der Waals surface area contributed by atoms with E-state index in [2.05, 4.69) is 17.0 Å². The fraction of sp³-hybridized carbons (Fsp3) is 0.480. The summed E-state index contributed by atoms with van der Waals surface area (Å²) in [6, 6.07) is 13.6. The molecule has 0 spiro atoms. The van der Waals surface area contributed by atoms with Crippen LogP contribution in [0.15, 0.2) is 42.5 Å². The van der Waals surface area contributed by atoms with Gasteiger partial charge in [0.15, 0.2) is 11.6 Å². The van der Waals surface area contributed by atoms with Gasteiger partial charge in [0.2, 0.25) is 5.91 Å². The molecule has 0 aromatic heterocycles. The number of carbonyl (C=O) groups excluding carboxylic acids is 1. The lowest BCUT2D eigenvalue weighted by Crippen LogP contribution is -2.20. The third kappa shape index (κ3) is 6.56. The largest absolute Gasteiger partial charge is 0.494 e. The van der Waals surface area contributed by atoms with E-state index in [1.165, 1.54) is 44.2 Å². The Morgan fingerprint density at radius 2 is 1.80 bits per heavy atom. The highest BCUT2D eigenvalue weighted by molar-refractivity contribution is 5.74. The number of benzene rings is 2. The minimum absolute atomic E-state index is 0.183. The molecule has 1 aliphatic heterocycles. The van der Waals surface area contributed by atoms with Crippen molar-refractivity contribution in [3.8, 4) is 5.75 Å². The highest BCUT2D eigenvalue weighted by Crippen LogP contribution is 2.28. The summed E-state index contributed by atoms with van der Waals surface area (Å²) in [5.41, 5.74) is 8.99. The van der Waals surface area contributed by atoms with Gasteiger partial charge in [-0.3, -0.25) is 4.79 Å². The Balaban J connectivity index is 0.000000177. The van der Waals surface area contributed by atoms with Crippen molar-refractivity contribution in [3.63, 3.8) is 0 Å². The van der Waals surface area contributed by atoms with E-state index in [4.69, 9.17) is 10.5 Å². The van der Waals surface area contributed by atoms with Gasteiger partial charge in [-0.1, -0.05) is 30.3 Å². The standard InChI is InChI=1S/C14H20FNO.C11H13NO/c1-17-14-7-6-12(11-13(14)15)5-4-10-16-8-2-3-9-16;12-11(13)7-8-5-9-3-1-2-4-10(9)6-8/h6-7,11H,2-5,8-10H2,1H3;1-4,8H,5-7H2,(H2,12,13). The predicted octanol–water partition coefficient (Wildman–Crippen LogP) is 4.14. The molecule has 2 N–H and O–H groups in total. The van der Waals surface area contributed by atoms with Crippen LogP contribution in [0, 0.1) is 11.7 Å². The first-order chi connectivity index (χ1) is 14.5. The Hall–Kier alpha value is -2.40. The maximum atomic E-state index is 13.4. The monoisotopic (exact) mass is 412 g/mol. The van der Waals surface area contributed by atoms with Crippen molar-refractivity contribution >= 4 is 5.91 Å². The number of hydrogen-bond acceptors (Lipinski definition) is 3. The lowest BCUT2D eigenvalue weighted by molar-refractivity contribution is -0.118. The highest BCUT2D eigenvalue weighted by Gasteiger charge is 2.21. The minimum Gasteiger partial charge on any atom is -0.494 e. The number of aryl methyl sites for hydroxylation is 1. The van der Waals surface area contributed by atoms with Crippen molar-refractivity contribution in [1.82, 2.24) is 4.90 Å². The number of amides is 1. The number of likely N-dealkylation sites (tertiary alicyclic amines) is 1. The van der Waals surface area contributed by atoms with Crippen molar-refractivity contribution in [2.45, 2.75) is 44.9 Å². The molecule has 1 aliphatic carbocycles. The summed E-state index contributed by atoms with van der Waals surface area (Å²) in [6.45, 7) is 3.60. The maximum Gasteiger partial charge on any atom is 0.217 e. The van der Waals surface area contributed by atoms with E-state index >= 15 is 0 Å². The summed E-state index contributed by atoms with van der Waals surface area (Å²) in [6.07, 6.45) is 7.25. The first kappa shape index (κ1) is 22.3. The molecule has 2 aliphatic rings. The Bertz CT molecular complexity index is 809. The zero-order valence-corrected chi connectivity index (χ0v) is 17.9. The van der Waals surface area contributed by atoms with Gasteiger partial charge in [-0.25, -0.2) is 4.39 Å². The van der Waals surface area contributed by atoms with Crippen molar-refractivity contribution in [3.05, 3.63) is 65.0 Å². The number of carbonyl (C=O) groups is 1. The molecule has 4 nitrogen and oxygen atoms in total. The SMILES string of the molecule is COc1ccc(CCCN2CCCC2)cc1F.NC(=O)CC1Cc2ccccc2C1. The van der Waals surface area contributed by atoms with Gasteiger partial charge in [0.25, 0.3) is 0 Å². The van der Waals surface area contributed by atoms with Crippen molar-refractivity contribution < 1.29 is 13.9 Å². The average Bonchev–Trinajstić information content (AvgIpc) is 3.37. The van der Waals surface area contributed by atoms with Gasteiger partial charge in [-0.15, -0.1) is 0 Å². The molecule has 162 valence electrons. The van der Waals surface area contributed by atoms with Crippen LogP contribution in [0.1, 0.15) is 42.4 Å². The predicted molar refractivity (Wildman–Crippen MR) is 118 cm³/mol. The normalized spacial score (nSPS) is 16.1. The zero-order chi connectivity index (χ0) is 21.3. The van der Waals surface area contributed by atoms with E-state index in [-0.39, 0.29) is 11.7 Å². The number of nitrogens with two attached hydrogens (primary N) is 1. The summed E-state index contributed by atoms with van der Waals surface area (Å²) in [7, 11) is 1.49. The molecule has 1 saturated heterocycles. The van der Waals surface area contributed by atoms with Crippen LogP contribution in [0.4, 0.5) is 4.39 Å². The summed E-state index contributed by atoms with van der Waals surface area (Å²) < 4.78 is 18.3. The van der Waals surface area contributed by atoms with Gasteiger partial charge < -0.3 is 15.4 Å². The molecule has 1 heterocycles. The second-order valence-electron chi connectivity index (χ2n) is 8.33. The second-order valence-corrected chi connectivity index (χ2v) is 8.33. The van der Waals surface area contributed by atoms with Crippen LogP contribution in [-0.2, 0) is 24.1 Å². The van der Waals surface area contributed by atoms with E-state index in [1.807, 2.05) is 18.2 Å². The Kier molecular flexibility index (Phi) is 8.26. The molecule has 30 heavy (non-hydrogen) atoms. The number of nitrogens with zero attached hydrogens (tertiary/aromatic N) is 1. The van der Waals surface area contributed by atoms with E-state index in [9.17, 15) is 9.18 Å². The molecule has 0 atom stereocenters. The molecule has 1 amide bonds. The van der Waals surface area contributed by atoms with Gasteiger partial charge in [-0.05, 0) is 92.9 Å². The van der Waals surface area contributed by atoms with Crippen LogP contribution in [0.3, 0.4) is 0 Å². The van der Waals surface area contributed by atoms with Crippen molar-refractivity contribution in [2.24, 2.45) is 11.7 Å². The van der Waals surface area contributed by atoms with Gasteiger partial charge in [0, 0.05) is 6.42 Å². The maximum absolute atomic E-state index is 13.4. The molecule has 2 aromatic carbocycles. The molecule has 1 fully saturated rings. The zero-order valence-electron chi connectivity index (χ0n) is 17.9. The fourth-order valence-corrected chi connectivity index (χ4v) is 4.46. The number of hydrogen-bond donors (Lipinski definition) is 1. The van der Waals surface area contributed by atoms with Crippen LogP contribution in [0.5, 0.6) is 5.75 Å². The number of halogens is 1. The molecule has 0 unspecified atom stereocenters. The summed E-state index contributed by atoms with van der Waals surface area (Å²) >= 11 is 0. The van der Waals surface area contributed by atoms with Crippen LogP contribution in [0.25, 0.3) is 0 Å². The van der Waals surface area contributed by atoms with Crippen LogP contribution in [0.2, 0.25) is 0 Å². The Labute approximate surface area is 179 Å². The number of ether oxygens (including phenoxy) is 1. The van der Waals surface area contributed by atoms with E-state index in [0.717, 1.165) is 37.8 Å². The van der Waals surface area contributed by atoms with E-state index in [0.29, 0.717) is 18.1 Å². The van der Waals surface area contributed by atoms with Crippen molar-refractivity contribution in [2.75, 3.05) is 26.7 Å². The third-order valence-electron chi connectivity index (χ3n) is 5.98. The average molecular weight is 413 g/mol. The lowest BCUT2D eigenvalue weighted by atomic mass is 10.0. The number of methoxy groups -OCH3 is 1. The lowest BCUT2D eigenvalue weighted by Gasteiger charge is -2.14. The van der Waals surface area contributed by atoms with E-state index < -0.39 is 0 Å². The molecule has 2 aromatic rings. The second kappa shape index (κ2) is 11.1. The minimum atomic E-state index is -0.258. The first-order valence-corrected chi connectivity index (χ1v) is 10.9. The number of primary amides is 1. The summed E-state index contributed by atoms with van der Waals surface area (Å²) in [4.78, 5) is 13.2. The van der Waals surface area contributed by atoms with Crippen LogP contribution in [-0.4, -0.2) is 37.6 Å². The third-order valence-corrected chi connectivity index (χ3v) is 5.98. The first-order valence-electron chi connectivity index (χ1n) is 10.9. The molecule has 0 bridgehead atoms. The van der Waals surface area contributed by atoms with Crippen LogP contribution >= 0.6 is 0 Å². The topological polar surface area (TPSA) is 55.6 Å². The summed E-state index contributed by atoms with van der Waals surface area (Å²) in [5.74, 6) is 0.326. The number of rotatable bonds is 7. The quantitative estimate of drug-likeness (QED) is 0.744. The van der Waals surface area contributed by atoms with Gasteiger partial charge in [0.1, 0.15) is 0 Å². The summed E-state index contributed by atoms with van der Waals surface area (Å²) in [5, 5.41) is 0. The Morgan fingerprint density at radius 1 is 1.13 bits per heavy atom. The molecular formula is C25H33FN2O2. The van der Waals surface area contributed by atoms with Gasteiger partial charge in [-0.2, -0.15) is 0 Å². The molecule has 4 rings (SSSR count). The molecule has 0 saturated carbocycles. The molecule has 5 heteroatoms. The molecular weight excluding hydrogens is 379 g/mol. The van der Waals surface area contributed by atoms with Crippen LogP contribution < -0.4 is 10.5 Å².